The molecular formula is C13H15ClN2O2S2. The summed E-state index contributed by atoms with van der Waals surface area (Å²) in [5.41, 5.74) is 0.957. The van der Waals surface area contributed by atoms with Crippen molar-refractivity contribution in [3.63, 3.8) is 0 Å². The Morgan fingerprint density at radius 1 is 1.35 bits per heavy atom. The van der Waals surface area contributed by atoms with Crippen molar-refractivity contribution in [2.45, 2.75) is 19.0 Å². The van der Waals surface area contributed by atoms with Gasteiger partial charge in [0.05, 0.1) is 23.6 Å². The van der Waals surface area contributed by atoms with Crippen molar-refractivity contribution in [2.75, 3.05) is 22.2 Å². The Kier molecular flexibility index (Phi) is 3.73. The van der Waals surface area contributed by atoms with Crippen LogP contribution in [-0.2, 0) is 9.84 Å². The van der Waals surface area contributed by atoms with E-state index >= 15 is 0 Å². The molecule has 108 valence electrons. The van der Waals surface area contributed by atoms with Crippen LogP contribution in [-0.4, -0.2) is 42.9 Å². The molecule has 1 fully saturated rings. The summed E-state index contributed by atoms with van der Waals surface area (Å²) in [4.78, 5) is 6.66. The third-order valence-corrected chi connectivity index (χ3v) is 6.29. The zero-order chi connectivity index (χ0) is 14.3. The average Bonchev–Trinajstić information content (AvgIpc) is 2.82. The smallest absolute Gasteiger partial charge is 0.164 e. The van der Waals surface area contributed by atoms with Crippen LogP contribution in [0, 0.1) is 0 Å². The Bertz CT molecular complexity index is 643. The van der Waals surface area contributed by atoms with Crippen LogP contribution in [0.2, 0.25) is 5.02 Å². The second-order valence-corrected chi connectivity index (χ2v) is 8.72. The van der Waals surface area contributed by atoms with Gasteiger partial charge in [-0.1, -0.05) is 30.3 Å². The summed E-state index contributed by atoms with van der Waals surface area (Å²) in [6.45, 7) is 2.07. The van der Waals surface area contributed by atoms with Gasteiger partial charge in [0.25, 0.3) is 0 Å². The molecule has 0 amide bonds. The molecule has 0 radical (unpaired) electrons. The van der Waals surface area contributed by atoms with Gasteiger partial charge in [0.1, 0.15) is 0 Å². The highest BCUT2D eigenvalue weighted by Gasteiger charge is 2.46. The summed E-state index contributed by atoms with van der Waals surface area (Å²) in [6, 6.07) is 7.27. The van der Waals surface area contributed by atoms with Crippen molar-refractivity contribution in [2.24, 2.45) is 4.99 Å². The van der Waals surface area contributed by atoms with E-state index < -0.39 is 9.84 Å². The summed E-state index contributed by atoms with van der Waals surface area (Å²) < 4.78 is 23.6. The molecule has 0 aromatic heterocycles. The van der Waals surface area contributed by atoms with Crippen molar-refractivity contribution >= 4 is 44.1 Å². The number of hydrogen-bond donors (Lipinski definition) is 0. The minimum atomic E-state index is -2.98. The second-order valence-electron chi connectivity index (χ2n) is 4.90. The average molecular weight is 331 g/mol. The monoisotopic (exact) mass is 330 g/mol. The molecule has 2 aliphatic heterocycles. The Hall–Kier alpha value is -0.720. The molecule has 2 aliphatic rings. The first kappa shape index (κ1) is 14.2. The van der Waals surface area contributed by atoms with Crippen LogP contribution in [0.15, 0.2) is 29.3 Å². The maximum atomic E-state index is 11.8. The normalized spacial score (nSPS) is 27.5. The van der Waals surface area contributed by atoms with Gasteiger partial charge in [-0.05, 0) is 30.0 Å². The maximum absolute atomic E-state index is 11.8. The van der Waals surface area contributed by atoms with E-state index in [-0.39, 0.29) is 23.6 Å². The van der Waals surface area contributed by atoms with Crippen molar-refractivity contribution in [3.05, 3.63) is 29.3 Å². The first-order valence-electron chi connectivity index (χ1n) is 6.46. The number of fused-ring (bicyclic) bond motifs is 1. The summed E-state index contributed by atoms with van der Waals surface area (Å²) in [5, 5.41) is 1.59. The highest BCUT2D eigenvalue weighted by atomic mass is 35.5. The third-order valence-electron chi connectivity index (χ3n) is 3.49. The lowest BCUT2D eigenvalue weighted by molar-refractivity contribution is 0.601. The minimum absolute atomic E-state index is 0.0739. The molecule has 1 saturated heterocycles. The van der Waals surface area contributed by atoms with E-state index in [2.05, 4.69) is 16.8 Å². The number of nitrogens with zero attached hydrogens (tertiary/aromatic N) is 2. The van der Waals surface area contributed by atoms with Crippen LogP contribution in [0.5, 0.6) is 0 Å². The standard InChI is InChI=1S/C13H15ClN2O2S2/c1-2-19-13-15-11-7-20(17,18)8-12(11)16(13)10-5-3-9(14)4-6-10/h3-6,11-12H,2,7-8H2,1H3/t11-,12+/m0/s1. The van der Waals surface area contributed by atoms with Gasteiger partial charge in [-0.2, -0.15) is 0 Å². The van der Waals surface area contributed by atoms with Crippen LogP contribution < -0.4 is 4.90 Å². The zero-order valence-corrected chi connectivity index (χ0v) is 13.4. The zero-order valence-electron chi connectivity index (χ0n) is 11.0. The molecule has 20 heavy (non-hydrogen) atoms. The lowest BCUT2D eigenvalue weighted by Crippen LogP contribution is -2.39. The molecule has 0 bridgehead atoms. The van der Waals surface area contributed by atoms with Crippen molar-refractivity contribution < 1.29 is 8.42 Å². The number of sulfone groups is 1. The lowest BCUT2D eigenvalue weighted by atomic mass is 10.1. The molecule has 0 saturated carbocycles. The third kappa shape index (κ3) is 2.56. The molecule has 2 heterocycles. The molecular weight excluding hydrogens is 316 g/mol. The Morgan fingerprint density at radius 2 is 2.05 bits per heavy atom. The van der Waals surface area contributed by atoms with Crippen LogP contribution in [0.25, 0.3) is 0 Å². The largest absolute Gasteiger partial charge is 0.315 e. The molecule has 7 heteroatoms. The molecule has 4 nitrogen and oxygen atoms in total. The van der Waals surface area contributed by atoms with Gasteiger partial charge < -0.3 is 4.90 Å². The second kappa shape index (κ2) is 5.24. The van der Waals surface area contributed by atoms with Gasteiger partial charge in [-0.15, -0.1) is 0 Å². The fourth-order valence-electron chi connectivity index (χ4n) is 2.67. The quantitative estimate of drug-likeness (QED) is 0.835. The van der Waals surface area contributed by atoms with Crippen LogP contribution in [0.3, 0.4) is 0 Å². The number of aliphatic imine (C=N–C) groups is 1. The molecule has 3 rings (SSSR count). The first-order valence-corrected chi connectivity index (χ1v) is 9.64. The number of halogens is 1. The Balaban J connectivity index is 1.97. The van der Waals surface area contributed by atoms with Gasteiger partial charge >= 0.3 is 0 Å². The van der Waals surface area contributed by atoms with Crippen LogP contribution in [0.1, 0.15) is 6.92 Å². The molecule has 2 atom stereocenters. The van der Waals surface area contributed by atoms with E-state index in [1.54, 1.807) is 11.8 Å². The number of benzene rings is 1. The highest BCUT2D eigenvalue weighted by molar-refractivity contribution is 8.14. The number of thioether (sulfide) groups is 1. The molecule has 0 spiro atoms. The number of amidine groups is 1. The van der Waals surface area contributed by atoms with E-state index in [1.807, 2.05) is 24.3 Å². The van der Waals surface area contributed by atoms with Gasteiger partial charge in [0.2, 0.25) is 0 Å². The molecule has 0 unspecified atom stereocenters. The van der Waals surface area contributed by atoms with Crippen molar-refractivity contribution in [3.8, 4) is 0 Å². The van der Waals surface area contributed by atoms with Gasteiger partial charge in [-0.25, -0.2) is 8.42 Å². The van der Waals surface area contributed by atoms with Crippen molar-refractivity contribution in [1.29, 1.82) is 0 Å². The summed E-state index contributed by atoms with van der Waals surface area (Å²) in [7, 11) is -2.98. The van der Waals surface area contributed by atoms with Crippen LogP contribution in [0.4, 0.5) is 5.69 Å². The predicted molar refractivity (Wildman–Crippen MR) is 85.7 cm³/mol. The van der Waals surface area contributed by atoms with E-state index in [4.69, 9.17) is 11.6 Å². The van der Waals surface area contributed by atoms with E-state index in [1.165, 1.54) is 0 Å². The summed E-state index contributed by atoms with van der Waals surface area (Å²) in [5.74, 6) is 1.25. The fraction of sp³-hybridized carbons (Fsp3) is 0.462. The molecule has 0 aliphatic carbocycles. The fourth-order valence-corrected chi connectivity index (χ4v) is 5.48. The Morgan fingerprint density at radius 3 is 2.70 bits per heavy atom. The number of hydrogen-bond acceptors (Lipinski definition) is 5. The van der Waals surface area contributed by atoms with Crippen molar-refractivity contribution in [1.82, 2.24) is 0 Å². The van der Waals surface area contributed by atoms with Gasteiger partial charge in [-0.3, -0.25) is 4.99 Å². The first-order chi connectivity index (χ1) is 9.50. The SMILES string of the molecule is CCSC1=N[C@H]2CS(=O)(=O)C[C@H]2N1c1ccc(Cl)cc1. The van der Waals surface area contributed by atoms with E-state index in [9.17, 15) is 8.42 Å². The Labute approximate surface area is 128 Å². The number of anilines is 1. The predicted octanol–water partition coefficient (Wildman–Crippen LogP) is 2.43. The minimum Gasteiger partial charge on any atom is -0.315 e. The summed E-state index contributed by atoms with van der Waals surface area (Å²) >= 11 is 7.57. The number of rotatable bonds is 2. The molecule has 1 aromatic carbocycles. The van der Waals surface area contributed by atoms with E-state index in [0.29, 0.717) is 5.02 Å². The molecule has 0 N–H and O–H groups in total. The summed E-state index contributed by atoms with van der Waals surface area (Å²) in [6.07, 6.45) is 0. The highest BCUT2D eigenvalue weighted by Crippen LogP contribution is 2.35. The maximum Gasteiger partial charge on any atom is 0.164 e. The van der Waals surface area contributed by atoms with Gasteiger partial charge in [0, 0.05) is 10.7 Å². The lowest BCUT2D eigenvalue weighted by Gasteiger charge is -2.26. The topological polar surface area (TPSA) is 49.7 Å². The molecule has 1 aromatic rings. The van der Waals surface area contributed by atoms with Crippen LogP contribution >= 0.6 is 23.4 Å². The van der Waals surface area contributed by atoms with E-state index in [0.717, 1.165) is 16.6 Å². The van der Waals surface area contributed by atoms with Gasteiger partial charge in [0.15, 0.2) is 15.0 Å².